The van der Waals surface area contributed by atoms with Crippen LogP contribution in [0.15, 0.2) is 34.5 Å². The van der Waals surface area contributed by atoms with Gasteiger partial charge in [-0.05, 0) is 48.8 Å². The van der Waals surface area contributed by atoms with Crippen molar-refractivity contribution >= 4 is 33.0 Å². The average Bonchev–Trinajstić information content (AvgIpc) is 3.45. The van der Waals surface area contributed by atoms with Gasteiger partial charge in [0.25, 0.3) is 5.91 Å². The van der Waals surface area contributed by atoms with Gasteiger partial charge in [0.05, 0.1) is 0 Å². The van der Waals surface area contributed by atoms with Crippen LogP contribution >= 0.6 is 11.3 Å². The maximum absolute atomic E-state index is 13.5. The Morgan fingerprint density at radius 1 is 1.10 bits per heavy atom. The molecule has 0 bridgehead atoms. The van der Waals surface area contributed by atoms with E-state index in [2.05, 4.69) is 5.32 Å². The third-order valence-corrected chi connectivity index (χ3v) is 8.86. The van der Waals surface area contributed by atoms with Crippen molar-refractivity contribution in [2.45, 2.75) is 30.6 Å². The maximum Gasteiger partial charge on any atom is 0.262 e. The topological polar surface area (TPSA) is 69.7 Å². The highest BCUT2D eigenvalue weighted by Crippen LogP contribution is 2.28. The summed E-state index contributed by atoms with van der Waals surface area (Å²) in [7, 11) is -3.68. The van der Waals surface area contributed by atoms with Crippen LogP contribution in [0.3, 0.4) is 0 Å². The fraction of sp³-hybridized carbons (Fsp3) is 0.476. The second-order valence-electron chi connectivity index (χ2n) is 7.99. The first-order valence-electron chi connectivity index (χ1n) is 10.4. The van der Waals surface area contributed by atoms with Gasteiger partial charge in [-0.1, -0.05) is 6.42 Å². The van der Waals surface area contributed by atoms with E-state index in [1.54, 1.807) is 11.4 Å². The molecule has 1 N–H and O–H groups in total. The lowest BCUT2D eigenvalue weighted by Gasteiger charge is -2.25. The highest BCUT2D eigenvalue weighted by atomic mass is 32.2. The first-order chi connectivity index (χ1) is 14.9. The van der Waals surface area contributed by atoms with Crippen LogP contribution in [0.2, 0.25) is 0 Å². The number of nitrogens with zero attached hydrogens (tertiary/aromatic N) is 2. The monoisotopic (exact) mass is 469 g/mol. The first kappa shape index (κ1) is 22.2. The normalized spacial score (nSPS) is 20.2. The maximum atomic E-state index is 13.5. The summed E-state index contributed by atoms with van der Waals surface area (Å²) in [6.45, 7) is 2.65. The zero-order chi connectivity index (χ0) is 22.0. The number of hydrogen-bond donors (Lipinski definition) is 1. The number of sulfonamides is 1. The van der Waals surface area contributed by atoms with Crippen LogP contribution in [-0.4, -0.2) is 51.4 Å². The summed E-state index contributed by atoms with van der Waals surface area (Å²) in [5, 5.41) is 4.49. The van der Waals surface area contributed by atoms with Gasteiger partial charge in [-0.3, -0.25) is 4.79 Å². The van der Waals surface area contributed by atoms with Gasteiger partial charge < -0.3 is 10.2 Å². The highest BCUT2D eigenvalue weighted by Gasteiger charge is 2.31. The van der Waals surface area contributed by atoms with E-state index in [9.17, 15) is 22.0 Å². The van der Waals surface area contributed by atoms with Gasteiger partial charge in [0, 0.05) is 44.5 Å². The molecule has 168 valence electrons. The molecule has 3 heterocycles. The van der Waals surface area contributed by atoms with Crippen LogP contribution in [0, 0.1) is 17.6 Å². The van der Waals surface area contributed by atoms with E-state index in [1.165, 1.54) is 16.4 Å². The van der Waals surface area contributed by atoms with Crippen LogP contribution in [0.25, 0.3) is 0 Å². The quantitative estimate of drug-likeness (QED) is 0.704. The number of carbonyl (C=O) groups excluding carboxylic acids is 1. The molecule has 1 aromatic carbocycles. The van der Waals surface area contributed by atoms with Crippen LogP contribution < -0.4 is 10.2 Å². The van der Waals surface area contributed by atoms with Crippen molar-refractivity contribution in [1.82, 2.24) is 9.62 Å². The Morgan fingerprint density at radius 3 is 2.61 bits per heavy atom. The number of halogens is 2. The Labute approximate surface area is 184 Å². The fourth-order valence-electron chi connectivity index (χ4n) is 4.14. The number of nitrogens with one attached hydrogen (secondary N) is 1. The summed E-state index contributed by atoms with van der Waals surface area (Å²) in [4.78, 5) is 15.0. The zero-order valence-electron chi connectivity index (χ0n) is 17.0. The van der Waals surface area contributed by atoms with Crippen molar-refractivity contribution in [1.29, 1.82) is 0 Å². The molecule has 1 amide bonds. The van der Waals surface area contributed by atoms with Crippen molar-refractivity contribution in [2.75, 3.05) is 37.6 Å². The Kier molecular flexibility index (Phi) is 6.59. The molecule has 2 fully saturated rings. The standard InChI is InChI=1S/C21H25F2N3O3S2/c22-17-5-4-16(12-18(17)23)25-10-6-15(14-25)13-24-21(27)20-19(7-11-30-20)31(28,29)26-8-2-1-3-9-26/h4-5,7,11-12,15H,1-3,6,8-10,13-14H2,(H,24,27). The third kappa shape index (κ3) is 4.75. The Morgan fingerprint density at radius 2 is 1.87 bits per heavy atom. The lowest BCUT2D eigenvalue weighted by atomic mass is 10.1. The van der Waals surface area contributed by atoms with Crippen molar-refractivity contribution in [3.8, 4) is 0 Å². The van der Waals surface area contributed by atoms with Crippen molar-refractivity contribution in [2.24, 2.45) is 5.92 Å². The molecule has 10 heteroatoms. The molecule has 2 saturated heterocycles. The molecule has 1 aromatic heterocycles. The zero-order valence-corrected chi connectivity index (χ0v) is 18.7. The number of hydrogen-bond acceptors (Lipinski definition) is 5. The van der Waals surface area contributed by atoms with Gasteiger partial charge in [-0.15, -0.1) is 11.3 Å². The molecule has 0 spiro atoms. The van der Waals surface area contributed by atoms with Crippen LogP contribution in [0.5, 0.6) is 0 Å². The molecule has 0 aliphatic carbocycles. The minimum atomic E-state index is -3.68. The molecule has 0 saturated carbocycles. The molecule has 1 unspecified atom stereocenters. The lowest BCUT2D eigenvalue weighted by Crippen LogP contribution is -2.37. The Balaban J connectivity index is 1.37. The molecule has 1 atom stereocenters. The molecular weight excluding hydrogens is 444 g/mol. The summed E-state index contributed by atoms with van der Waals surface area (Å²) >= 11 is 1.13. The van der Waals surface area contributed by atoms with Gasteiger partial charge in [0.15, 0.2) is 11.6 Å². The highest BCUT2D eigenvalue weighted by molar-refractivity contribution is 7.89. The second kappa shape index (κ2) is 9.22. The Bertz CT molecular complexity index is 1050. The van der Waals surface area contributed by atoms with E-state index >= 15 is 0 Å². The van der Waals surface area contributed by atoms with Crippen LogP contribution in [-0.2, 0) is 10.0 Å². The molecule has 2 aromatic rings. The van der Waals surface area contributed by atoms with E-state index < -0.39 is 27.6 Å². The van der Waals surface area contributed by atoms with Gasteiger partial charge in [-0.2, -0.15) is 4.31 Å². The van der Waals surface area contributed by atoms with Crippen molar-refractivity contribution in [3.05, 3.63) is 46.2 Å². The van der Waals surface area contributed by atoms with Gasteiger partial charge in [0.1, 0.15) is 9.77 Å². The number of carbonyl (C=O) groups is 1. The molecule has 2 aliphatic rings. The predicted molar refractivity (Wildman–Crippen MR) is 116 cm³/mol. The SMILES string of the molecule is O=C(NCC1CCN(c2ccc(F)c(F)c2)C1)c1sccc1S(=O)(=O)N1CCCCC1. The lowest BCUT2D eigenvalue weighted by molar-refractivity contribution is 0.0949. The van der Waals surface area contributed by atoms with Crippen LogP contribution in [0.4, 0.5) is 14.5 Å². The third-order valence-electron chi connectivity index (χ3n) is 5.87. The number of piperidine rings is 1. The van der Waals surface area contributed by atoms with E-state index in [-0.39, 0.29) is 15.7 Å². The summed E-state index contributed by atoms with van der Waals surface area (Å²) in [6, 6.07) is 5.34. The summed E-state index contributed by atoms with van der Waals surface area (Å²) in [6.07, 6.45) is 3.48. The van der Waals surface area contributed by atoms with Gasteiger partial charge in [0.2, 0.25) is 10.0 Å². The minimum Gasteiger partial charge on any atom is -0.371 e. The van der Waals surface area contributed by atoms with E-state index in [0.29, 0.717) is 38.4 Å². The molecule has 2 aliphatic heterocycles. The molecular formula is C21H25F2N3O3S2. The fourth-order valence-corrected chi connectivity index (χ4v) is 6.98. The smallest absolute Gasteiger partial charge is 0.262 e. The summed E-state index contributed by atoms with van der Waals surface area (Å²) in [5.74, 6) is -2.01. The number of anilines is 1. The van der Waals surface area contributed by atoms with Crippen molar-refractivity contribution < 1.29 is 22.0 Å². The summed E-state index contributed by atoms with van der Waals surface area (Å²) < 4.78 is 54.1. The Hall–Kier alpha value is -2.04. The number of thiophene rings is 1. The number of benzene rings is 1. The molecule has 0 radical (unpaired) electrons. The molecule has 4 rings (SSSR count). The van der Waals surface area contributed by atoms with E-state index in [4.69, 9.17) is 0 Å². The van der Waals surface area contributed by atoms with Gasteiger partial charge in [-0.25, -0.2) is 17.2 Å². The van der Waals surface area contributed by atoms with E-state index in [0.717, 1.165) is 43.1 Å². The molecule has 31 heavy (non-hydrogen) atoms. The van der Waals surface area contributed by atoms with E-state index in [1.807, 2.05) is 4.90 Å². The van der Waals surface area contributed by atoms with Gasteiger partial charge >= 0.3 is 0 Å². The molecule has 6 nitrogen and oxygen atoms in total. The minimum absolute atomic E-state index is 0.0757. The largest absolute Gasteiger partial charge is 0.371 e. The van der Waals surface area contributed by atoms with Crippen molar-refractivity contribution in [3.63, 3.8) is 0 Å². The second-order valence-corrected chi connectivity index (χ2v) is 10.8. The average molecular weight is 470 g/mol. The van der Waals surface area contributed by atoms with Crippen LogP contribution in [0.1, 0.15) is 35.4 Å². The predicted octanol–water partition coefficient (Wildman–Crippen LogP) is 3.46. The first-order valence-corrected chi connectivity index (χ1v) is 12.7. The summed E-state index contributed by atoms with van der Waals surface area (Å²) in [5.41, 5.74) is 0.612. The number of rotatable bonds is 6. The number of amides is 1.